The third kappa shape index (κ3) is 4.19. The predicted molar refractivity (Wildman–Crippen MR) is 69.4 cm³/mol. The van der Waals surface area contributed by atoms with Crippen molar-refractivity contribution in [3.05, 3.63) is 27.2 Å². The van der Waals surface area contributed by atoms with Crippen LogP contribution in [0.15, 0.2) is 16.6 Å². The molecule has 0 aliphatic rings. The van der Waals surface area contributed by atoms with Gasteiger partial charge in [0.1, 0.15) is 0 Å². The first kappa shape index (κ1) is 15.9. The first-order valence-corrected chi connectivity index (χ1v) is 6.50. The molecule has 8 heteroatoms. The van der Waals surface area contributed by atoms with Gasteiger partial charge in [0.15, 0.2) is 0 Å². The van der Waals surface area contributed by atoms with Crippen LogP contribution in [0.3, 0.4) is 0 Å². The number of rotatable bonds is 4. The Kier molecular flexibility index (Phi) is 5.58. The lowest BCUT2D eigenvalue weighted by atomic mass is 10.2. The minimum absolute atomic E-state index is 0.0167. The van der Waals surface area contributed by atoms with Gasteiger partial charge in [-0.2, -0.15) is 13.2 Å². The molecule has 102 valence electrons. The van der Waals surface area contributed by atoms with Crippen molar-refractivity contribution in [3.8, 4) is 0 Å². The third-order valence-corrected chi connectivity index (χ3v) is 3.34. The summed E-state index contributed by atoms with van der Waals surface area (Å²) in [6, 6.07) is 1.74. The number of hydrogen-bond acceptors (Lipinski definition) is 2. The van der Waals surface area contributed by atoms with Gasteiger partial charge in [-0.3, -0.25) is 0 Å². The molecule has 0 saturated heterocycles. The van der Waals surface area contributed by atoms with Crippen LogP contribution in [0.5, 0.6) is 0 Å². The molecular formula is C10H9BrCl2F3NO. The molecule has 1 aromatic rings. The van der Waals surface area contributed by atoms with Crippen LogP contribution in [0.2, 0.25) is 5.02 Å². The molecule has 1 rings (SSSR count). The van der Waals surface area contributed by atoms with E-state index in [1.807, 2.05) is 0 Å². The molecule has 0 bridgehead atoms. The molecule has 0 aliphatic carbocycles. The van der Waals surface area contributed by atoms with Crippen LogP contribution in [-0.4, -0.2) is 23.6 Å². The summed E-state index contributed by atoms with van der Waals surface area (Å²) < 4.78 is 37.6. The van der Waals surface area contributed by atoms with Crippen molar-refractivity contribution in [1.82, 2.24) is 0 Å². The number of alkyl halides is 4. The molecule has 0 spiro atoms. The SMILES string of the molecule is OC(CCl)CNc1c(Cl)cc(C(F)(F)F)cc1Br. The van der Waals surface area contributed by atoms with Crippen molar-refractivity contribution in [2.24, 2.45) is 0 Å². The fraction of sp³-hybridized carbons (Fsp3) is 0.400. The van der Waals surface area contributed by atoms with Crippen LogP contribution in [0.1, 0.15) is 5.56 Å². The van der Waals surface area contributed by atoms with Gasteiger partial charge < -0.3 is 10.4 Å². The lowest BCUT2D eigenvalue weighted by Gasteiger charge is -2.15. The predicted octanol–water partition coefficient (Wildman–Crippen LogP) is 4.13. The zero-order chi connectivity index (χ0) is 13.9. The van der Waals surface area contributed by atoms with E-state index in [1.165, 1.54) is 0 Å². The average Bonchev–Trinajstić information content (AvgIpc) is 2.26. The van der Waals surface area contributed by atoms with Crippen molar-refractivity contribution >= 4 is 44.8 Å². The first-order chi connectivity index (χ1) is 8.25. The van der Waals surface area contributed by atoms with E-state index in [-0.39, 0.29) is 27.6 Å². The standard InChI is InChI=1S/C10H9BrCl2F3NO/c11-7-1-5(10(14,15)16)2-8(13)9(7)17-4-6(18)3-12/h1-2,6,17-18H,3-4H2. The molecule has 0 aliphatic heterocycles. The summed E-state index contributed by atoms with van der Waals surface area (Å²) in [6.45, 7) is 0.0905. The number of aliphatic hydroxyl groups is 1. The summed E-state index contributed by atoms with van der Waals surface area (Å²) in [5.41, 5.74) is -0.559. The average molecular weight is 367 g/mol. The molecule has 18 heavy (non-hydrogen) atoms. The molecule has 0 heterocycles. The molecule has 2 N–H and O–H groups in total. The quantitative estimate of drug-likeness (QED) is 0.785. The normalized spacial score (nSPS) is 13.5. The fourth-order valence-corrected chi connectivity index (χ4v) is 2.29. The third-order valence-electron chi connectivity index (χ3n) is 2.06. The Balaban J connectivity index is 2.95. The molecule has 0 amide bonds. The number of anilines is 1. The molecular weight excluding hydrogens is 358 g/mol. The summed E-state index contributed by atoms with van der Waals surface area (Å²) in [4.78, 5) is 0. The summed E-state index contributed by atoms with van der Waals surface area (Å²) in [5, 5.41) is 11.9. The lowest BCUT2D eigenvalue weighted by molar-refractivity contribution is -0.137. The van der Waals surface area contributed by atoms with Gasteiger partial charge in [-0.15, -0.1) is 11.6 Å². The van der Waals surface area contributed by atoms with Gasteiger partial charge in [0.2, 0.25) is 0 Å². The van der Waals surface area contributed by atoms with Crippen molar-refractivity contribution in [1.29, 1.82) is 0 Å². The van der Waals surface area contributed by atoms with Crippen LogP contribution in [0, 0.1) is 0 Å². The van der Waals surface area contributed by atoms with Gasteiger partial charge in [-0.1, -0.05) is 11.6 Å². The summed E-state index contributed by atoms with van der Waals surface area (Å²) in [7, 11) is 0. The van der Waals surface area contributed by atoms with Crippen LogP contribution >= 0.6 is 39.1 Å². The van der Waals surface area contributed by atoms with E-state index >= 15 is 0 Å². The van der Waals surface area contributed by atoms with Crippen molar-refractivity contribution in [2.75, 3.05) is 17.7 Å². The Morgan fingerprint density at radius 3 is 2.44 bits per heavy atom. The summed E-state index contributed by atoms with van der Waals surface area (Å²) in [6.07, 6.45) is -5.27. The highest BCUT2D eigenvalue weighted by Gasteiger charge is 2.31. The number of nitrogens with one attached hydrogen (secondary N) is 1. The van der Waals surface area contributed by atoms with E-state index in [0.29, 0.717) is 0 Å². The highest BCUT2D eigenvalue weighted by molar-refractivity contribution is 9.10. The van der Waals surface area contributed by atoms with E-state index < -0.39 is 17.8 Å². The van der Waals surface area contributed by atoms with Gasteiger partial charge in [0.25, 0.3) is 0 Å². The van der Waals surface area contributed by atoms with Crippen LogP contribution < -0.4 is 5.32 Å². The van der Waals surface area contributed by atoms with Gasteiger partial charge >= 0.3 is 6.18 Å². The second-order valence-corrected chi connectivity index (χ2v) is 5.07. The van der Waals surface area contributed by atoms with Gasteiger partial charge in [-0.25, -0.2) is 0 Å². The summed E-state index contributed by atoms with van der Waals surface area (Å²) >= 11 is 14.2. The minimum Gasteiger partial charge on any atom is -0.390 e. The molecule has 1 unspecified atom stereocenters. The van der Waals surface area contributed by atoms with E-state index in [2.05, 4.69) is 21.2 Å². The minimum atomic E-state index is -4.46. The monoisotopic (exact) mass is 365 g/mol. The highest BCUT2D eigenvalue weighted by Crippen LogP contribution is 2.38. The van der Waals surface area contributed by atoms with Crippen LogP contribution in [0.4, 0.5) is 18.9 Å². The number of benzene rings is 1. The van der Waals surface area contributed by atoms with Crippen LogP contribution in [0.25, 0.3) is 0 Å². The van der Waals surface area contributed by atoms with Gasteiger partial charge in [0.05, 0.1) is 28.3 Å². The second kappa shape index (κ2) is 6.32. The van der Waals surface area contributed by atoms with Gasteiger partial charge in [0, 0.05) is 11.0 Å². The molecule has 0 aromatic heterocycles. The van der Waals surface area contributed by atoms with Crippen LogP contribution in [-0.2, 0) is 6.18 Å². The van der Waals surface area contributed by atoms with Crippen molar-refractivity contribution in [3.63, 3.8) is 0 Å². The lowest BCUT2D eigenvalue weighted by Crippen LogP contribution is -2.21. The molecule has 0 radical (unpaired) electrons. The zero-order valence-electron chi connectivity index (χ0n) is 8.86. The molecule has 1 aromatic carbocycles. The van der Waals surface area contributed by atoms with Gasteiger partial charge in [-0.05, 0) is 28.1 Å². The Hall–Kier alpha value is -0.170. The highest BCUT2D eigenvalue weighted by atomic mass is 79.9. The Morgan fingerprint density at radius 2 is 2.00 bits per heavy atom. The molecule has 2 nitrogen and oxygen atoms in total. The maximum atomic E-state index is 12.5. The Bertz CT molecular complexity index is 405. The van der Waals surface area contributed by atoms with Crippen molar-refractivity contribution in [2.45, 2.75) is 12.3 Å². The largest absolute Gasteiger partial charge is 0.416 e. The van der Waals surface area contributed by atoms with E-state index in [9.17, 15) is 18.3 Å². The number of aliphatic hydroxyl groups excluding tert-OH is 1. The number of halogens is 6. The first-order valence-electron chi connectivity index (χ1n) is 4.80. The second-order valence-electron chi connectivity index (χ2n) is 3.50. The van der Waals surface area contributed by atoms with Crippen molar-refractivity contribution < 1.29 is 18.3 Å². The molecule has 0 fully saturated rings. The molecule has 1 atom stereocenters. The topological polar surface area (TPSA) is 32.3 Å². The maximum Gasteiger partial charge on any atom is 0.416 e. The Morgan fingerprint density at radius 1 is 1.39 bits per heavy atom. The fourth-order valence-electron chi connectivity index (χ4n) is 1.18. The maximum absolute atomic E-state index is 12.5. The van der Waals surface area contributed by atoms with E-state index in [0.717, 1.165) is 12.1 Å². The van der Waals surface area contributed by atoms with E-state index in [1.54, 1.807) is 0 Å². The van der Waals surface area contributed by atoms with E-state index in [4.69, 9.17) is 23.2 Å². The number of hydrogen-bond donors (Lipinski definition) is 2. The zero-order valence-corrected chi connectivity index (χ0v) is 12.0. The smallest absolute Gasteiger partial charge is 0.390 e. The Labute approximate surface area is 120 Å². The summed E-state index contributed by atoms with van der Waals surface area (Å²) in [5.74, 6) is 0.0167. The molecule has 0 saturated carbocycles.